The Bertz CT molecular complexity index is 879. The fourth-order valence-electron chi connectivity index (χ4n) is 4.00. The lowest BCUT2D eigenvalue weighted by atomic mass is 9.87. The van der Waals surface area contributed by atoms with E-state index < -0.39 is 6.10 Å². The molecular weight excluding hydrogens is 376 g/mol. The standard InChI is InChI=1S/C25H32N2O3/c1-5-22(24(28)26-6-2)30-20-13-12-18-14-15-27(25(29)17(3)4)23(21(18)16-20)19-10-8-7-9-11-19/h7-13,16-17,22-23H,5-6,14-15H2,1-4H3,(H,26,28). The summed E-state index contributed by atoms with van der Waals surface area (Å²) in [6.07, 6.45) is 0.864. The number of hydrogen-bond donors (Lipinski definition) is 1. The van der Waals surface area contributed by atoms with E-state index in [9.17, 15) is 9.59 Å². The van der Waals surface area contributed by atoms with Crippen molar-refractivity contribution in [3.63, 3.8) is 0 Å². The molecule has 5 heteroatoms. The molecule has 0 spiro atoms. The highest BCUT2D eigenvalue weighted by atomic mass is 16.5. The Morgan fingerprint density at radius 2 is 1.87 bits per heavy atom. The van der Waals surface area contributed by atoms with E-state index in [1.807, 2.05) is 62.9 Å². The van der Waals surface area contributed by atoms with Gasteiger partial charge < -0.3 is 15.0 Å². The Morgan fingerprint density at radius 3 is 2.50 bits per heavy atom. The topological polar surface area (TPSA) is 58.6 Å². The number of hydrogen-bond acceptors (Lipinski definition) is 3. The van der Waals surface area contributed by atoms with Gasteiger partial charge in [0, 0.05) is 19.0 Å². The van der Waals surface area contributed by atoms with Gasteiger partial charge in [0.2, 0.25) is 5.91 Å². The number of nitrogens with zero attached hydrogens (tertiary/aromatic N) is 1. The first-order chi connectivity index (χ1) is 14.5. The summed E-state index contributed by atoms with van der Waals surface area (Å²) in [6, 6.07) is 16.0. The third-order valence-corrected chi connectivity index (χ3v) is 5.53. The molecule has 0 aliphatic carbocycles. The molecule has 30 heavy (non-hydrogen) atoms. The highest BCUT2D eigenvalue weighted by molar-refractivity contribution is 5.81. The summed E-state index contributed by atoms with van der Waals surface area (Å²) in [5.41, 5.74) is 3.38. The highest BCUT2D eigenvalue weighted by Crippen LogP contribution is 2.38. The number of carbonyl (C=O) groups is 2. The third-order valence-electron chi connectivity index (χ3n) is 5.53. The summed E-state index contributed by atoms with van der Waals surface area (Å²) in [6.45, 7) is 8.99. The molecular formula is C25H32N2O3. The van der Waals surface area contributed by atoms with Gasteiger partial charge in [0.05, 0.1) is 6.04 Å². The fourth-order valence-corrected chi connectivity index (χ4v) is 4.00. The van der Waals surface area contributed by atoms with Crippen molar-refractivity contribution < 1.29 is 14.3 Å². The van der Waals surface area contributed by atoms with Gasteiger partial charge in [-0.1, -0.05) is 57.2 Å². The van der Waals surface area contributed by atoms with Crippen LogP contribution in [0.25, 0.3) is 0 Å². The fraction of sp³-hybridized carbons (Fsp3) is 0.440. The molecule has 3 rings (SSSR count). The number of amides is 2. The SMILES string of the molecule is CCNC(=O)C(CC)Oc1ccc2c(c1)C(c1ccccc1)N(C(=O)C(C)C)CC2. The van der Waals surface area contributed by atoms with Gasteiger partial charge in [0.1, 0.15) is 5.75 Å². The molecule has 5 nitrogen and oxygen atoms in total. The Labute approximate surface area is 179 Å². The molecule has 1 N–H and O–H groups in total. The van der Waals surface area contributed by atoms with Crippen LogP contribution < -0.4 is 10.1 Å². The lowest BCUT2D eigenvalue weighted by molar-refractivity contribution is -0.136. The van der Waals surface area contributed by atoms with E-state index in [0.29, 0.717) is 25.3 Å². The monoisotopic (exact) mass is 408 g/mol. The van der Waals surface area contributed by atoms with E-state index in [2.05, 4.69) is 23.5 Å². The molecule has 0 saturated carbocycles. The summed E-state index contributed by atoms with van der Waals surface area (Å²) in [5, 5.41) is 2.83. The molecule has 2 atom stereocenters. The molecule has 0 radical (unpaired) electrons. The summed E-state index contributed by atoms with van der Waals surface area (Å²) < 4.78 is 6.06. The number of rotatable bonds is 7. The van der Waals surface area contributed by atoms with Crippen molar-refractivity contribution in [3.05, 3.63) is 65.2 Å². The molecule has 2 unspecified atom stereocenters. The predicted molar refractivity (Wildman–Crippen MR) is 118 cm³/mol. The van der Waals surface area contributed by atoms with Gasteiger partial charge in [-0.05, 0) is 48.6 Å². The first-order valence-electron chi connectivity index (χ1n) is 10.9. The second-order valence-corrected chi connectivity index (χ2v) is 8.02. The minimum absolute atomic E-state index is 0.0700. The quantitative estimate of drug-likeness (QED) is 0.750. The molecule has 0 fully saturated rings. The molecule has 0 bridgehead atoms. The van der Waals surface area contributed by atoms with Crippen molar-refractivity contribution >= 4 is 11.8 Å². The molecule has 1 aliphatic heterocycles. The van der Waals surface area contributed by atoms with E-state index in [-0.39, 0.29) is 23.8 Å². The van der Waals surface area contributed by atoms with Crippen LogP contribution in [0, 0.1) is 5.92 Å². The molecule has 1 heterocycles. The van der Waals surface area contributed by atoms with E-state index in [0.717, 1.165) is 17.5 Å². The summed E-state index contributed by atoms with van der Waals surface area (Å²) in [4.78, 5) is 27.3. The van der Waals surface area contributed by atoms with Crippen LogP contribution >= 0.6 is 0 Å². The van der Waals surface area contributed by atoms with Crippen molar-refractivity contribution in [2.24, 2.45) is 5.92 Å². The van der Waals surface area contributed by atoms with Crippen molar-refractivity contribution in [2.45, 2.75) is 52.7 Å². The van der Waals surface area contributed by atoms with Crippen molar-refractivity contribution in [1.82, 2.24) is 10.2 Å². The van der Waals surface area contributed by atoms with Gasteiger partial charge in [-0.3, -0.25) is 9.59 Å². The van der Waals surface area contributed by atoms with Crippen LogP contribution in [0.15, 0.2) is 48.5 Å². The van der Waals surface area contributed by atoms with Crippen molar-refractivity contribution in [3.8, 4) is 5.75 Å². The second kappa shape index (κ2) is 9.79. The number of carbonyl (C=O) groups excluding carboxylic acids is 2. The molecule has 2 aromatic rings. The minimum Gasteiger partial charge on any atom is -0.481 e. The summed E-state index contributed by atoms with van der Waals surface area (Å²) >= 11 is 0. The zero-order valence-corrected chi connectivity index (χ0v) is 18.4. The molecule has 0 aromatic heterocycles. The van der Waals surface area contributed by atoms with Gasteiger partial charge in [0.25, 0.3) is 5.91 Å². The highest BCUT2D eigenvalue weighted by Gasteiger charge is 2.33. The van der Waals surface area contributed by atoms with Crippen molar-refractivity contribution in [2.75, 3.05) is 13.1 Å². The van der Waals surface area contributed by atoms with Crippen LogP contribution in [0.1, 0.15) is 56.8 Å². The second-order valence-electron chi connectivity index (χ2n) is 8.02. The van der Waals surface area contributed by atoms with E-state index in [4.69, 9.17) is 4.74 Å². The van der Waals surface area contributed by atoms with Crippen LogP contribution in [0.5, 0.6) is 5.75 Å². The van der Waals surface area contributed by atoms with Crippen LogP contribution in [-0.4, -0.2) is 35.9 Å². The van der Waals surface area contributed by atoms with E-state index in [1.54, 1.807) is 0 Å². The average molecular weight is 409 g/mol. The third kappa shape index (κ3) is 4.66. The average Bonchev–Trinajstić information content (AvgIpc) is 2.76. The molecule has 2 aromatic carbocycles. The number of fused-ring (bicyclic) bond motifs is 1. The Kier molecular flexibility index (Phi) is 7.14. The first kappa shape index (κ1) is 21.9. The van der Waals surface area contributed by atoms with Gasteiger partial charge in [-0.15, -0.1) is 0 Å². The lowest BCUT2D eigenvalue weighted by Gasteiger charge is -2.39. The number of nitrogens with one attached hydrogen (secondary N) is 1. The number of ether oxygens (including phenoxy) is 1. The van der Waals surface area contributed by atoms with Gasteiger partial charge in [0.15, 0.2) is 6.10 Å². The van der Waals surface area contributed by atoms with Crippen LogP contribution in [0.4, 0.5) is 0 Å². The van der Waals surface area contributed by atoms with Crippen LogP contribution in [-0.2, 0) is 16.0 Å². The number of benzene rings is 2. The van der Waals surface area contributed by atoms with E-state index in [1.165, 1.54) is 5.56 Å². The molecule has 160 valence electrons. The van der Waals surface area contributed by atoms with Gasteiger partial charge in [-0.25, -0.2) is 0 Å². The van der Waals surface area contributed by atoms with Crippen LogP contribution in [0.3, 0.4) is 0 Å². The Hall–Kier alpha value is -2.82. The lowest BCUT2D eigenvalue weighted by Crippen LogP contribution is -2.42. The zero-order valence-electron chi connectivity index (χ0n) is 18.4. The molecule has 0 saturated heterocycles. The summed E-state index contributed by atoms with van der Waals surface area (Å²) in [5.74, 6) is 0.634. The predicted octanol–water partition coefficient (Wildman–Crippen LogP) is 4.11. The Balaban J connectivity index is 1.99. The molecule has 2 amide bonds. The zero-order chi connectivity index (χ0) is 21.7. The smallest absolute Gasteiger partial charge is 0.261 e. The first-order valence-corrected chi connectivity index (χ1v) is 10.9. The number of likely N-dealkylation sites (N-methyl/N-ethyl adjacent to an activating group) is 1. The van der Waals surface area contributed by atoms with Gasteiger partial charge in [-0.2, -0.15) is 0 Å². The maximum absolute atomic E-state index is 13.0. The maximum atomic E-state index is 13.0. The Morgan fingerprint density at radius 1 is 1.13 bits per heavy atom. The van der Waals surface area contributed by atoms with E-state index >= 15 is 0 Å². The van der Waals surface area contributed by atoms with Crippen molar-refractivity contribution in [1.29, 1.82) is 0 Å². The minimum atomic E-state index is -0.532. The largest absolute Gasteiger partial charge is 0.481 e. The summed E-state index contributed by atoms with van der Waals surface area (Å²) in [7, 11) is 0. The molecule has 1 aliphatic rings. The normalized spacial score (nSPS) is 16.7. The maximum Gasteiger partial charge on any atom is 0.261 e. The van der Waals surface area contributed by atoms with Gasteiger partial charge >= 0.3 is 0 Å². The van der Waals surface area contributed by atoms with Crippen LogP contribution in [0.2, 0.25) is 0 Å².